The van der Waals surface area contributed by atoms with Crippen LogP contribution in [0.2, 0.25) is 0 Å². The van der Waals surface area contributed by atoms with Crippen molar-refractivity contribution in [2.45, 2.75) is 20.0 Å². The number of amides is 2. The number of imidazole rings is 1. The summed E-state index contributed by atoms with van der Waals surface area (Å²) in [5.41, 5.74) is 3.39. The van der Waals surface area contributed by atoms with Gasteiger partial charge in [0.1, 0.15) is 19.0 Å². The van der Waals surface area contributed by atoms with Crippen molar-refractivity contribution < 1.29 is 14.3 Å². The lowest BCUT2D eigenvalue weighted by Crippen LogP contribution is -2.29. The van der Waals surface area contributed by atoms with E-state index in [1.807, 2.05) is 60.0 Å². The van der Waals surface area contributed by atoms with E-state index in [0.717, 1.165) is 22.3 Å². The van der Waals surface area contributed by atoms with Crippen molar-refractivity contribution in [2.24, 2.45) is 0 Å². The molecule has 0 fully saturated rings. The van der Waals surface area contributed by atoms with Crippen LogP contribution in [0.1, 0.15) is 11.4 Å². The normalized spacial score (nSPS) is 10.7. The molecule has 27 heavy (non-hydrogen) atoms. The number of aromatic nitrogens is 2. The highest BCUT2D eigenvalue weighted by atomic mass is 16.5. The predicted molar refractivity (Wildman–Crippen MR) is 103 cm³/mol. The van der Waals surface area contributed by atoms with Gasteiger partial charge in [0.25, 0.3) is 0 Å². The molecule has 2 aromatic carbocycles. The van der Waals surface area contributed by atoms with Crippen LogP contribution >= 0.6 is 0 Å². The number of benzene rings is 2. The minimum Gasteiger partial charge on any atom is -0.375 e. The number of hydrogen-bond acceptors (Lipinski definition) is 4. The van der Waals surface area contributed by atoms with Crippen molar-refractivity contribution >= 4 is 28.5 Å². The van der Waals surface area contributed by atoms with E-state index in [1.54, 1.807) is 0 Å². The quantitative estimate of drug-likeness (QED) is 0.672. The van der Waals surface area contributed by atoms with E-state index in [0.29, 0.717) is 5.82 Å². The summed E-state index contributed by atoms with van der Waals surface area (Å²) in [7, 11) is 1.46. The van der Waals surface area contributed by atoms with Crippen molar-refractivity contribution in [2.75, 3.05) is 19.0 Å². The number of carbonyl (C=O) groups is 2. The average Bonchev–Trinajstić information content (AvgIpc) is 3.00. The first kappa shape index (κ1) is 18.6. The molecule has 0 radical (unpaired) electrons. The lowest BCUT2D eigenvalue weighted by Gasteiger charge is -2.12. The number of anilines is 1. The van der Waals surface area contributed by atoms with Gasteiger partial charge in [-0.1, -0.05) is 30.3 Å². The average molecular weight is 366 g/mol. The first-order chi connectivity index (χ1) is 13.1. The molecular formula is C20H22N4O3. The number of rotatable bonds is 7. The minimum atomic E-state index is -0.236. The van der Waals surface area contributed by atoms with Gasteiger partial charge < -0.3 is 19.9 Å². The van der Waals surface area contributed by atoms with Crippen LogP contribution in [0.3, 0.4) is 0 Å². The molecular weight excluding hydrogens is 344 g/mol. The standard InChI is InChI=1S/C20H22N4O3/c1-14-7-3-4-8-15(14)23-19(25)12-24-17-10-6-5-9-16(17)22-18(24)11-21-20(26)13-27-2/h3-10H,11-13H2,1-2H3,(H,21,26)(H,23,25). The van der Waals surface area contributed by atoms with Crippen LogP contribution in [0.25, 0.3) is 11.0 Å². The van der Waals surface area contributed by atoms with Gasteiger partial charge in [-0.2, -0.15) is 0 Å². The highest BCUT2D eigenvalue weighted by Gasteiger charge is 2.15. The molecule has 2 N–H and O–H groups in total. The number of hydrogen-bond donors (Lipinski definition) is 2. The Morgan fingerprint density at radius 3 is 2.59 bits per heavy atom. The largest absolute Gasteiger partial charge is 0.375 e. The Balaban J connectivity index is 1.81. The maximum atomic E-state index is 12.6. The lowest BCUT2D eigenvalue weighted by molar-refractivity contribution is -0.124. The number of nitrogens with one attached hydrogen (secondary N) is 2. The summed E-state index contributed by atoms with van der Waals surface area (Å²) in [6, 6.07) is 15.2. The number of ether oxygens (including phenoxy) is 1. The molecule has 0 saturated carbocycles. The Bertz CT molecular complexity index is 965. The molecule has 7 heteroatoms. The second-order valence-corrected chi connectivity index (χ2v) is 6.18. The number of methoxy groups -OCH3 is 1. The van der Waals surface area contributed by atoms with Gasteiger partial charge >= 0.3 is 0 Å². The highest BCUT2D eigenvalue weighted by Crippen LogP contribution is 2.17. The number of fused-ring (bicyclic) bond motifs is 1. The zero-order chi connectivity index (χ0) is 19.2. The molecule has 0 aliphatic carbocycles. The van der Waals surface area contributed by atoms with Crippen molar-refractivity contribution in [1.29, 1.82) is 0 Å². The van der Waals surface area contributed by atoms with Crippen LogP contribution in [0.15, 0.2) is 48.5 Å². The zero-order valence-electron chi connectivity index (χ0n) is 15.4. The zero-order valence-corrected chi connectivity index (χ0v) is 15.4. The number of para-hydroxylation sites is 3. The van der Waals surface area contributed by atoms with Crippen molar-refractivity contribution in [3.05, 3.63) is 59.9 Å². The van der Waals surface area contributed by atoms with E-state index >= 15 is 0 Å². The summed E-state index contributed by atoms with van der Waals surface area (Å²) in [4.78, 5) is 28.8. The summed E-state index contributed by atoms with van der Waals surface area (Å²) >= 11 is 0. The second-order valence-electron chi connectivity index (χ2n) is 6.18. The summed E-state index contributed by atoms with van der Waals surface area (Å²) in [6.45, 7) is 2.24. The SMILES string of the molecule is COCC(=O)NCc1nc2ccccc2n1CC(=O)Nc1ccccc1C. The summed E-state index contributed by atoms with van der Waals surface area (Å²) in [5.74, 6) is 0.220. The van der Waals surface area contributed by atoms with Gasteiger partial charge in [-0.3, -0.25) is 9.59 Å². The molecule has 0 bridgehead atoms. The molecule has 0 aliphatic heterocycles. The van der Waals surface area contributed by atoms with E-state index < -0.39 is 0 Å². The Morgan fingerprint density at radius 2 is 1.81 bits per heavy atom. The molecule has 0 aliphatic rings. The lowest BCUT2D eigenvalue weighted by atomic mass is 10.2. The van der Waals surface area contributed by atoms with Gasteiger partial charge in [-0.25, -0.2) is 4.98 Å². The van der Waals surface area contributed by atoms with Crippen LogP contribution in [-0.2, 0) is 27.4 Å². The molecule has 0 atom stereocenters. The van der Waals surface area contributed by atoms with Crippen LogP contribution in [0.5, 0.6) is 0 Å². The topological polar surface area (TPSA) is 85.2 Å². The fourth-order valence-electron chi connectivity index (χ4n) is 2.84. The predicted octanol–water partition coefficient (Wildman–Crippen LogP) is 2.25. The van der Waals surface area contributed by atoms with Gasteiger partial charge in [0, 0.05) is 12.8 Å². The molecule has 0 unspecified atom stereocenters. The van der Waals surface area contributed by atoms with Gasteiger partial charge in [0.2, 0.25) is 11.8 Å². The van der Waals surface area contributed by atoms with Crippen LogP contribution < -0.4 is 10.6 Å². The van der Waals surface area contributed by atoms with E-state index in [2.05, 4.69) is 15.6 Å². The van der Waals surface area contributed by atoms with Gasteiger partial charge in [0.15, 0.2) is 0 Å². The number of aryl methyl sites for hydroxylation is 1. The first-order valence-corrected chi connectivity index (χ1v) is 8.63. The van der Waals surface area contributed by atoms with Crippen molar-refractivity contribution in [1.82, 2.24) is 14.9 Å². The fraction of sp³-hybridized carbons (Fsp3) is 0.250. The van der Waals surface area contributed by atoms with Gasteiger partial charge in [0.05, 0.1) is 17.6 Å². The molecule has 7 nitrogen and oxygen atoms in total. The smallest absolute Gasteiger partial charge is 0.246 e. The summed E-state index contributed by atoms with van der Waals surface area (Å²) in [6.07, 6.45) is 0. The van der Waals surface area contributed by atoms with Crippen LogP contribution in [0, 0.1) is 6.92 Å². The third-order valence-corrected chi connectivity index (χ3v) is 4.17. The Labute approximate surface area is 157 Å². The van der Waals surface area contributed by atoms with Gasteiger partial charge in [-0.15, -0.1) is 0 Å². The maximum absolute atomic E-state index is 12.6. The summed E-state index contributed by atoms with van der Waals surface area (Å²) < 4.78 is 6.64. The molecule has 3 aromatic rings. The third kappa shape index (κ3) is 4.51. The summed E-state index contributed by atoms with van der Waals surface area (Å²) in [5, 5.41) is 5.68. The third-order valence-electron chi connectivity index (χ3n) is 4.17. The van der Waals surface area contributed by atoms with E-state index in [1.165, 1.54) is 7.11 Å². The first-order valence-electron chi connectivity index (χ1n) is 8.63. The van der Waals surface area contributed by atoms with Crippen molar-refractivity contribution in [3.63, 3.8) is 0 Å². The van der Waals surface area contributed by atoms with Crippen LogP contribution in [0.4, 0.5) is 5.69 Å². The minimum absolute atomic E-state index is 0.0198. The van der Waals surface area contributed by atoms with Crippen molar-refractivity contribution in [3.8, 4) is 0 Å². The molecule has 1 heterocycles. The van der Waals surface area contributed by atoms with E-state index in [9.17, 15) is 9.59 Å². The Kier molecular flexibility index (Phi) is 5.83. The van der Waals surface area contributed by atoms with E-state index in [4.69, 9.17) is 4.74 Å². The molecule has 140 valence electrons. The molecule has 2 amide bonds. The molecule has 3 rings (SSSR count). The highest BCUT2D eigenvalue weighted by molar-refractivity contribution is 5.92. The molecule has 0 spiro atoms. The number of carbonyl (C=O) groups excluding carboxylic acids is 2. The van der Waals surface area contributed by atoms with E-state index in [-0.39, 0.29) is 31.5 Å². The second kappa shape index (κ2) is 8.46. The number of nitrogens with zero attached hydrogens (tertiary/aromatic N) is 2. The Morgan fingerprint density at radius 1 is 1.07 bits per heavy atom. The fourth-order valence-corrected chi connectivity index (χ4v) is 2.84. The van der Waals surface area contributed by atoms with Gasteiger partial charge in [-0.05, 0) is 30.7 Å². The van der Waals surface area contributed by atoms with Crippen LogP contribution in [-0.4, -0.2) is 35.1 Å². The molecule has 0 saturated heterocycles. The molecule has 1 aromatic heterocycles. The maximum Gasteiger partial charge on any atom is 0.246 e. The monoisotopic (exact) mass is 366 g/mol. The Hall–Kier alpha value is -3.19.